The molecule has 2 aliphatic rings. The van der Waals surface area contributed by atoms with E-state index in [2.05, 4.69) is 0 Å². The van der Waals surface area contributed by atoms with E-state index in [1.807, 2.05) is 79.7 Å². The van der Waals surface area contributed by atoms with E-state index >= 15 is 26.7 Å². The number of ether oxygens (including phenoxy) is 6. The Balaban J connectivity index is 1.61. The molecule has 0 atom stereocenters. The predicted octanol–water partition coefficient (Wildman–Crippen LogP) is 9.76. The second-order valence-electron chi connectivity index (χ2n) is 16.2. The monoisotopic (exact) mass is 886 g/mol. The number of methoxy groups -OCH3 is 2. The van der Waals surface area contributed by atoms with Crippen molar-refractivity contribution in [2.75, 3.05) is 14.2 Å². The highest BCUT2D eigenvalue weighted by Crippen LogP contribution is 2.62. The van der Waals surface area contributed by atoms with Gasteiger partial charge in [0.2, 0.25) is 11.5 Å². The average Bonchev–Trinajstić information content (AvgIpc) is 3.68. The molecule has 0 bridgehead atoms. The van der Waals surface area contributed by atoms with Gasteiger partial charge in [0.05, 0.1) is 19.5 Å². The van der Waals surface area contributed by atoms with E-state index in [0.717, 1.165) is 44.5 Å². The maximum atomic E-state index is 16.8. The smallest absolute Gasteiger partial charge is 0.493 e. The van der Waals surface area contributed by atoms with Gasteiger partial charge in [-0.3, -0.25) is 0 Å². The molecule has 0 aliphatic carbocycles. The van der Waals surface area contributed by atoms with Gasteiger partial charge in [-0.25, -0.2) is 0 Å². The van der Waals surface area contributed by atoms with Crippen LogP contribution in [-0.4, -0.2) is 26.8 Å². The number of hydrogen-bond donors (Lipinski definition) is 0. The summed E-state index contributed by atoms with van der Waals surface area (Å²) < 4.78 is 129. The molecule has 322 valence electrons. The zero-order valence-electron chi connectivity index (χ0n) is 35.8. The summed E-state index contributed by atoms with van der Waals surface area (Å²) in [5.74, 6) is -3.21. The highest BCUT2D eigenvalue weighted by Gasteiger charge is 2.53. The number of hydrogen-bond acceptors (Lipinski definition) is 8. The topological polar surface area (TPSA) is 89.5 Å². The number of halogens is 4. The molecule has 8 rings (SSSR count). The molecule has 14 heteroatoms. The normalized spacial score (nSPS) is 14.9. The Labute approximate surface area is 357 Å². The lowest BCUT2D eigenvalue weighted by Crippen LogP contribution is -2.29. The van der Waals surface area contributed by atoms with Crippen LogP contribution in [0.15, 0.2) is 84.9 Å². The van der Waals surface area contributed by atoms with E-state index in [9.17, 15) is 0 Å². The second kappa shape index (κ2) is 15.0. The van der Waals surface area contributed by atoms with E-state index in [4.69, 9.17) is 28.4 Å². The largest absolute Gasteiger partial charge is 0.586 e. The molecule has 0 spiro atoms. The highest BCUT2D eigenvalue weighted by molar-refractivity contribution is 7.86. The third-order valence-corrected chi connectivity index (χ3v) is 16.9. The number of fused-ring (bicyclic) bond motifs is 2. The molecule has 62 heavy (non-hydrogen) atoms. The Morgan fingerprint density at radius 1 is 0.419 bits per heavy atom. The Morgan fingerprint density at radius 2 is 0.758 bits per heavy atom. The number of aryl methyl sites for hydroxylation is 8. The first kappa shape index (κ1) is 43.0. The lowest BCUT2D eigenvalue weighted by Gasteiger charge is -2.28. The molecule has 0 saturated heterocycles. The fraction of sp³-hybridized carbons (Fsp3) is 0.250. The number of alkyl halides is 4. The third-order valence-electron chi connectivity index (χ3n) is 10.9. The van der Waals surface area contributed by atoms with Gasteiger partial charge >= 0.3 is 12.6 Å². The second-order valence-corrected chi connectivity index (χ2v) is 21.7. The van der Waals surface area contributed by atoms with Crippen LogP contribution in [0.3, 0.4) is 0 Å². The van der Waals surface area contributed by atoms with Crippen molar-refractivity contribution in [1.82, 2.24) is 0 Å². The highest BCUT2D eigenvalue weighted by atomic mass is 31.2. The SMILES string of the molecule is COc1cc(P(=O)(c2cc(C)cc(C)c2)c2cc(C)cc(C)c2)c(-c2cc(P(=O)(c3cc(C)cc(C)c3)c3cc(C)cc(C)c3)c(OC)c3c2OC(F)(F)O3)c2c1OC(F)(F)O2. The molecule has 0 amide bonds. The van der Waals surface area contributed by atoms with Crippen molar-refractivity contribution in [3.8, 4) is 45.6 Å². The number of benzene rings is 6. The summed E-state index contributed by atoms with van der Waals surface area (Å²) in [4.78, 5) is 0. The molecule has 0 fully saturated rings. The molecule has 0 aromatic heterocycles. The van der Waals surface area contributed by atoms with Crippen molar-refractivity contribution in [2.24, 2.45) is 0 Å². The maximum Gasteiger partial charge on any atom is 0.586 e. The van der Waals surface area contributed by atoms with Crippen molar-refractivity contribution in [3.63, 3.8) is 0 Å². The Morgan fingerprint density at radius 3 is 1.13 bits per heavy atom. The zero-order chi connectivity index (χ0) is 44.8. The van der Waals surface area contributed by atoms with Gasteiger partial charge in [-0.15, -0.1) is 17.6 Å². The first-order chi connectivity index (χ1) is 29.1. The summed E-state index contributed by atoms with van der Waals surface area (Å²) in [6.45, 7) is 14.7. The van der Waals surface area contributed by atoms with Crippen LogP contribution in [0.1, 0.15) is 44.5 Å². The van der Waals surface area contributed by atoms with Crippen LogP contribution in [0.2, 0.25) is 0 Å². The third kappa shape index (κ3) is 7.21. The van der Waals surface area contributed by atoms with Crippen LogP contribution in [0.5, 0.6) is 34.5 Å². The molecule has 2 aliphatic heterocycles. The van der Waals surface area contributed by atoms with Gasteiger partial charge in [0.1, 0.15) is 0 Å². The van der Waals surface area contributed by atoms with Crippen molar-refractivity contribution in [1.29, 1.82) is 0 Å². The standard InChI is InChI=1S/C48H44F4O8P2/c1-25-11-26(2)16-33(15-25)61(53,34-17-27(3)12-28(4)18-34)39-24-38(55-9)43-45(59-48(51,52)58-43)41(39)37-23-40(44(56-10)46-42(37)57-47(49,50)60-46)62(54,35-19-29(5)13-30(6)20-35)36-21-31(7)14-32(8)22-36/h11-24H,1-10H3. The van der Waals surface area contributed by atoms with E-state index < -0.39 is 49.9 Å². The lowest BCUT2D eigenvalue weighted by atomic mass is 10.0. The van der Waals surface area contributed by atoms with Crippen LogP contribution in [0.25, 0.3) is 11.1 Å². The van der Waals surface area contributed by atoms with Crippen LogP contribution < -0.4 is 60.2 Å². The van der Waals surface area contributed by atoms with Crippen LogP contribution in [0.4, 0.5) is 17.6 Å². The molecule has 0 saturated carbocycles. The van der Waals surface area contributed by atoms with Gasteiger partial charge in [-0.1, -0.05) is 68.8 Å². The van der Waals surface area contributed by atoms with E-state index in [0.29, 0.717) is 21.2 Å². The summed E-state index contributed by atoms with van der Waals surface area (Å²) in [6.07, 6.45) is -8.62. The Bertz CT molecular complexity index is 2770. The Kier molecular flexibility index (Phi) is 10.4. The van der Waals surface area contributed by atoms with Gasteiger partial charge in [-0.05, 0) is 116 Å². The van der Waals surface area contributed by atoms with Gasteiger partial charge in [0.25, 0.3) is 0 Å². The van der Waals surface area contributed by atoms with Crippen molar-refractivity contribution >= 4 is 46.1 Å². The van der Waals surface area contributed by atoms with E-state index in [1.54, 1.807) is 48.5 Å². The van der Waals surface area contributed by atoms with Crippen LogP contribution in [-0.2, 0) is 9.13 Å². The first-order valence-corrected chi connectivity index (χ1v) is 23.1. The molecule has 6 aromatic rings. The quantitative estimate of drug-likeness (QED) is 0.105. The fourth-order valence-corrected chi connectivity index (χ4v) is 15.2. The van der Waals surface area contributed by atoms with Gasteiger partial charge in [0, 0.05) is 37.6 Å². The van der Waals surface area contributed by atoms with Gasteiger partial charge in [0.15, 0.2) is 37.3 Å². The molecule has 8 nitrogen and oxygen atoms in total. The summed E-state index contributed by atoms with van der Waals surface area (Å²) in [5.41, 5.74) is 5.33. The van der Waals surface area contributed by atoms with Crippen LogP contribution >= 0.6 is 14.3 Å². The zero-order valence-corrected chi connectivity index (χ0v) is 37.5. The molecule has 6 aromatic carbocycles. The first-order valence-electron chi connectivity index (χ1n) is 19.7. The lowest BCUT2D eigenvalue weighted by molar-refractivity contribution is -0.288. The van der Waals surface area contributed by atoms with Crippen molar-refractivity contribution in [2.45, 2.75) is 68.0 Å². The summed E-state index contributed by atoms with van der Waals surface area (Å²) in [7, 11) is -6.12. The summed E-state index contributed by atoms with van der Waals surface area (Å²) >= 11 is 0. The maximum absolute atomic E-state index is 16.8. The van der Waals surface area contributed by atoms with Gasteiger partial charge < -0.3 is 37.6 Å². The van der Waals surface area contributed by atoms with Crippen molar-refractivity contribution in [3.05, 3.63) is 129 Å². The molecule has 2 heterocycles. The minimum absolute atomic E-state index is 0.126. The van der Waals surface area contributed by atoms with Crippen molar-refractivity contribution < 1.29 is 55.1 Å². The summed E-state index contributed by atoms with van der Waals surface area (Å²) in [5, 5.41) is 0.999. The minimum atomic E-state index is -4.32. The predicted molar refractivity (Wildman–Crippen MR) is 234 cm³/mol. The van der Waals surface area contributed by atoms with Gasteiger partial charge in [-0.2, -0.15) is 0 Å². The molecule has 0 N–H and O–H groups in total. The summed E-state index contributed by atoms with van der Waals surface area (Å²) in [6, 6.07) is 24.1. The van der Waals surface area contributed by atoms with E-state index in [1.165, 1.54) is 26.4 Å². The van der Waals surface area contributed by atoms with E-state index in [-0.39, 0.29) is 33.2 Å². The molecular weight excluding hydrogens is 842 g/mol. The Hall–Kier alpha value is -5.70. The number of rotatable bonds is 9. The fourth-order valence-electron chi connectivity index (χ4n) is 8.78. The minimum Gasteiger partial charge on any atom is -0.493 e. The molecule has 0 unspecified atom stereocenters. The van der Waals surface area contributed by atoms with Crippen LogP contribution in [0, 0.1) is 55.4 Å². The molecular formula is C48H44F4O8P2. The molecule has 0 radical (unpaired) electrons. The average molecular weight is 887 g/mol.